The molecule has 150 valence electrons. The van der Waals surface area contributed by atoms with E-state index in [0.29, 0.717) is 37.4 Å². The number of benzene rings is 1. The molecule has 0 bridgehead atoms. The molecular weight excluding hydrogens is 375 g/mol. The summed E-state index contributed by atoms with van der Waals surface area (Å²) in [6, 6.07) is 6.40. The number of nitrogens with zero attached hydrogens (tertiary/aromatic N) is 7. The van der Waals surface area contributed by atoms with Crippen molar-refractivity contribution >= 4 is 17.0 Å². The Kier molecular flexibility index (Phi) is 5.30. The maximum atomic E-state index is 13.6. The number of β-amino-alcohol motifs (C(OH)–C–C–N with tert-alkyl or cyclic N) is 1. The molecule has 1 aromatic carbocycles. The molecule has 0 saturated carbocycles. The summed E-state index contributed by atoms with van der Waals surface area (Å²) in [5.41, 5.74) is 11.7. The van der Waals surface area contributed by atoms with Gasteiger partial charge in [0.2, 0.25) is 0 Å². The smallest absolute Gasteiger partial charge is 0.158 e. The predicted molar refractivity (Wildman–Crippen MR) is 106 cm³/mol. The Morgan fingerprint density at radius 2 is 2.28 bits per heavy atom. The molecule has 9 nitrogen and oxygen atoms in total. The number of fused-ring (bicyclic) bond motifs is 1. The number of aromatic nitrogens is 3. The number of nitrogens with one attached hydrogen (secondary N) is 1. The van der Waals surface area contributed by atoms with Crippen LogP contribution in [0.5, 0.6) is 0 Å². The molecule has 4 rings (SSSR count). The zero-order valence-corrected chi connectivity index (χ0v) is 15.9. The molecule has 1 fully saturated rings. The number of halogens is 1. The van der Waals surface area contributed by atoms with E-state index in [4.69, 9.17) is 5.53 Å². The highest BCUT2D eigenvalue weighted by Gasteiger charge is 2.27. The van der Waals surface area contributed by atoms with Gasteiger partial charge in [-0.3, -0.25) is 4.90 Å². The summed E-state index contributed by atoms with van der Waals surface area (Å²) >= 11 is 0. The second-order valence-corrected chi connectivity index (χ2v) is 7.20. The summed E-state index contributed by atoms with van der Waals surface area (Å²) in [5.74, 6) is 0.366. The molecule has 0 radical (unpaired) electrons. The summed E-state index contributed by atoms with van der Waals surface area (Å²) in [5, 5.41) is 21.4. The Morgan fingerprint density at radius 1 is 1.41 bits per heavy atom. The number of hydrogen-bond donors (Lipinski definition) is 2. The Labute approximate surface area is 166 Å². The van der Waals surface area contributed by atoms with Crippen LogP contribution in [0.15, 0.2) is 41.9 Å². The maximum absolute atomic E-state index is 13.6. The first-order valence-electron chi connectivity index (χ1n) is 9.34. The highest BCUT2D eigenvalue weighted by atomic mass is 19.1. The zero-order valence-electron chi connectivity index (χ0n) is 15.9. The lowest BCUT2D eigenvalue weighted by Crippen LogP contribution is -2.45. The normalized spacial score (nSPS) is 19.8. The largest absolute Gasteiger partial charge is 0.391 e. The lowest BCUT2D eigenvalue weighted by molar-refractivity contribution is 0.0503. The molecule has 29 heavy (non-hydrogen) atoms. The van der Waals surface area contributed by atoms with E-state index >= 15 is 0 Å². The van der Waals surface area contributed by atoms with E-state index in [2.05, 4.69) is 30.3 Å². The van der Waals surface area contributed by atoms with Gasteiger partial charge in [0, 0.05) is 29.9 Å². The minimum absolute atomic E-state index is 0.255. The summed E-state index contributed by atoms with van der Waals surface area (Å²) in [6.45, 7) is 3.45. The first kappa shape index (κ1) is 19.1. The first-order valence-corrected chi connectivity index (χ1v) is 9.34. The quantitative estimate of drug-likeness (QED) is 0.391. The number of aryl methyl sites for hydroxylation is 1. The molecule has 0 aliphatic carbocycles. The third-order valence-corrected chi connectivity index (χ3v) is 5.18. The highest BCUT2D eigenvalue weighted by Crippen LogP contribution is 2.26. The Hall–Kier alpha value is -3.20. The van der Waals surface area contributed by atoms with Gasteiger partial charge in [-0.15, -0.1) is 0 Å². The highest BCUT2D eigenvalue weighted by molar-refractivity contribution is 5.76. The topological polar surface area (TPSA) is 114 Å². The third-order valence-electron chi connectivity index (χ3n) is 5.18. The Morgan fingerprint density at radius 3 is 3.03 bits per heavy atom. The van der Waals surface area contributed by atoms with E-state index in [0.717, 1.165) is 16.8 Å². The first-order chi connectivity index (χ1) is 14.0. The number of piperidine rings is 1. The van der Waals surface area contributed by atoms with Crippen LogP contribution in [0.3, 0.4) is 0 Å². The Bertz CT molecular complexity index is 1080. The van der Waals surface area contributed by atoms with E-state index in [9.17, 15) is 9.50 Å². The number of hydrogen-bond acceptors (Lipinski definition) is 6. The average molecular weight is 396 g/mol. The number of anilines is 2. The molecule has 0 spiro atoms. The van der Waals surface area contributed by atoms with E-state index in [1.807, 2.05) is 12.3 Å². The minimum Gasteiger partial charge on any atom is -0.391 e. The van der Waals surface area contributed by atoms with E-state index < -0.39 is 6.10 Å². The van der Waals surface area contributed by atoms with E-state index in [1.165, 1.54) is 12.4 Å². The number of aliphatic hydroxyl groups is 1. The van der Waals surface area contributed by atoms with Crippen molar-refractivity contribution in [2.24, 2.45) is 5.11 Å². The molecule has 1 aliphatic heterocycles. The monoisotopic (exact) mass is 396 g/mol. The lowest BCUT2D eigenvalue weighted by Gasteiger charge is -2.33. The fourth-order valence-corrected chi connectivity index (χ4v) is 3.67. The molecule has 10 heteroatoms. The third kappa shape index (κ3) is 4.00. The fraction of sp³-hybridized carbons (Fsp3) is 0.368. The van der Waals surface area contributed by atoms with Crippen LogP contribution in [0.25, 0.3) is 16.0 Å². The molecule has 2 aromatic heterocycles. The van der Waals surface area contributed by atoms with E-state index in [1.54, 1.807) is 23.6 Å². The van der Waals surface area contributed by atoms with Crippen molar-refractivity contribution in [3.05, 3.63) is 64.2 Å². The predicted octanol–water partition coefficient (Wildman–Crippen LogP) is 3.17. The van der Waals surface area contributed by atoms with Gasteiger partial charge in [0.25, 0.3) is 0 Å². The number of azide groups is 1. The molecule has 3 aromatic rings. The van der Waals surface area contributed by atoms with Crippen LogP contribution in [0.4, 0.5) is 15.9 Å². The molecule has 0 unspecified atom stereocenters. The molecule has 3 heterocycles. The van der Waals surface area contributed by atoms with Gasteiger partial charge in [-0.1, -0.05) is 5.11 Å². The van der Waals surface area contributed by atoms with Gasteiger partial charge in [-0.2, -0.15) is 5.10 Å². The summed E-state index contributed by atoms with van der Waals surface area (Å²) in [4.78, 5) is 9.29. The van der Waals surface area contributed by atoms with Crippen molar-refractivity contribution in [1.82, 2.24) is 19.5 Å². The van der Waals surface area contributed by atoms with Crippen molar-refractivity contribution in [2.45, 2.75) is 32.0 Å². The number of rotatable bonds is 5. The second-order valence-electron chi connectivity index (χ2n) is 7.20. The molecule has 1 aliphatic rings. The SMILES string of the molecule is Cc1cc(Nc2ncnn3ccc(CN4CC[C@@H](N=[N+]=[N-])[C@H](O)C4)c23)ccc1F. The average Bonchev–Trinajstić information content (AvgIpc) is 3.11. The lowest BCUT2D eigenvalue weighted by atomic mass is 10.0. The minimum atomic E-state index is -0.690. The molecule has 2 N–H and O–H groups in total. The molecular formula is C19H21FN8O. The van der Waals surface area contributed by atoms with Crippen LogP contribution in [0, 0.1) is 12.7 Å². The van der Waals surface area contributed by atoms with Crippen LogP contribution in [0.2, 0.25) is 0 Å². The van der Waals surface area contributed by atoms with Crippen LogP contribution >= 0.6 is 0 Å². The van der Waals surface area contributed by atoms with Gasteiger partial charge in [-0.05, 0) is 60.8 Å². The Balaban J connectivity index is 1.58. The van der Waals surface area contributed by atoms with Crippen molar-refractivity contribution in [2.75, 3.05) is 18.4 Å². The van der Waals surface area contributed by atoms with Crippen LogP contribution < -0.4 is 5.32 Å². The van der Waals surface area contributed by atoms with Gasteiger partial charge in [0.1, 0.15) is 17.7 Å². The second kappa shape index (κ2) is 8.04. The fourth-order valence-electron chi connectivity index (χ4n) is 3.67. The van der Waals surface area contributed by atoms with Gasteiger partial charge in [0.05, 0.1) is 12.1 Å². The maximum Gasteiger partial charge on any atom is 0.158 e. The van der Waals surface area contributed by atoms with Crippen molar-refractivity contribution in [3.63, 3.8) is 0 Å². The molecule has 1 saturated heterocycles. The molecule has 2 atom stereocenters. The number of aliphatic hydroxyl groups excluding tert-OH is 1. The van der Waals surface area contributed by atoms with Crippen LogP contribution in [-0.4, -0.2) is 49.8 Å². The van der Waals surface area contributed by atoms with Crippen molar-refractivity contribution in [3.8, 4) is 0 Å². The number of likely N-dealkylation sites (tertiary alicyclic amines) is 1. The summed E-state index contributed by atoms with van der Waals surface area (Å²) in [7, 11) is 0. The van der Waals surface area contributed by atoms with Gasteiger partial charge < -0.3 is 10.4 Å². The summed E-state index contributed by atoms with van der Waals surface area (Å²) in [6.07, 6.45) is 3.24. The molecule has 0 amide bonds. The standard InChI is InChI=1S/C19H21FN8O/c1-12-8-14(2-3-15(12)20)24-19-18-13(4-7-28(18)23-11-22-19)9-27-6-5-16(25-26-21)17(29)10-27/h2-4,7-8,11,16-17,29H,5-6,9-10H2,1H3,(H,22,23,24)/t16-,17-/m1/s1. The van der Waals surface area contributed by atoms with Gasteiger partial charge >= 0.3 is 0 Å². The van der Waals surface area contributed by atoms with Crippen LogP contribution in [-0.2, 0) is 6.54 Å². The summed E-state index contributed by atoms with van der Waals surface area (Å²) < 4.78 is 15.3. The van der Waals surface area contributed by atoms with E-state index in [-0.39, 0.29) is 11.9 Å². The zero-order chi connectivity index (χ0) is 20.4. The van der Waals surface area contributed by atoms with Gasteiger partial charge in [-0.25, -0.2) is 13.9 Å². The van der Waals surface area contributed by atoms with Gasteiger partial charge in [0.15, 0.2) is 5.82 Å². The van der Waals surface area contributed by atoms with Crippen molar-refractivity contribution in [1.29, 1.82) is 0 Å². The van der Waals surface area contributed by atoms with Crippen molar-refractivity contribution < 1.29 is 9.50 Å². The van der Waals surface area contributed by atoms with Crippen LogP contribution in [0.1, 0.15) is 17.5 Å².